The Kier molecular flexibility index (Phi) is 5.01. The standard InChI is InChI=1S/C7H8O2.C5H10N4O/c1-5-6(8)3-2-4-7(5)9;6-4-3-8-9(1-2-10)5(4)7/h2-4,8-9H,1H3;3,10H,1-2,6-7H2. The fraction of sp³-hybridized carbons (Fsp3) is 0.250. The van der Waals surface area contributed by atoms with E-state index in [-0.39, 0.29) is 18.1 Å². The molecule has 0 bridgehead atoms. The first-order valence-corrected chi connectivity index (χ1v) is 5.62. The van der Waals surface area contributed by atoms with Crippen LogP contribution in [0.1, 0.15) is 5.56 Å². The molecule has 0 radical (unpaired) electrons. The highest BCUT2D eigenvalue weighted by molar-refractivity contribution is 5.56. The Balaban J connectivity index is 0.000000191. The average Bonchev–Trinajstić information content (AvgIpc) is 2.69. The molecular formula is C12H18N4O3. The fourth-order valence-corrected chi connectivity index (χ4v) is 1.29. The van der Waals surface area contributed by atoms with E-state index < -0.39 is 0 Å². The third-order valence-corrected chi connectivity index (χ3v) is 2.50. The Labute approximate surface area is 110 Å². The van der Waals surface area contributed by atoms with E-state index in [9.17, 15) is 0 Å². The summed E-state index contributed by atoms with van der Waals surface area (Å²) in [5.41, 5.74) is 11.8. The number of hydrogen-bond acceptors (Lipinski definition) is 6. The molecule has 0 atom stereocenters. The molecule has 0 saturated carbocycles. The molecule has 2 rings (SSSR count). The van der Waals surface area contributed by atoms with Crippen LogP contribution in [0.5, 0.6) is 11.5 Å². The number of nitrogens with two attached hydrogens (primary N) is 2. The summed E-state index contributed by atoms with van der Waals surface area (Å²) in [6.07, 6.45) is 1.46. The molecule has 104 valence electrons. The monoisotopic (exact) mass is 266 g/mol. The summed E-state index contributed by atoms with van der Waals surface area (Å²) in [5.74, 6) is 0.680. The maximum absolute atomic E-state index is 8.94. The van der Waals surface area contributed by atoms with Crippen LogP contribution in [0.4, 0.5) is 11.5 Å². The summed E-state index contributed by atoms with van der Waals surface area (Å²) in [6, 6.07) is 4.67. The molecule has 0 aliphatic carbocycles. The van der Waals surface area contributed by atoms with Gasteiger partial charge in [0.25, 0.3) is 0 Å². The van der Waals surface area contributed by atoms with E-state index in [0.29, 0.717) is 23.6 Å². The van der Waals surface area contributed by atoms with E-state index >= 15 is 0 Å². The number of hydrogen-bond donors (Lipinski definition) is 5. The minimum absolute atomic E-state index is 0.0192. The van der Waals surface area contributed by atoms with E-state index in [0.717, 1.165) is 0 Å². The lowest BCUT2D eigenvalue weighted by atomic mass is 10.2. The quantitative estimate of drug-likeness (QED) is 0.536. The van der Waals surface area contributed by atoms with E-state index in [4.69, 9.17) is 26.8 Å². The second-order valence-electron chi connectivity index (χ2n) is 3.85. The van der Waals surface area contributed by atoms with Crippen molar-refractivity contribution in [2.45, 2.75) is 13.5 Å². The Hall–Kier alpha value is -2.41. The number of nitrogens with zero attached hydrogens (tertiary/aromatic N) is 2. The lowest BCUT2D eigenvalue weighted by molar-refractivity contribution is 0.270. The van der Waals surface area contributed by atoms with E-state index in [1.807, 2.05) is 0 Å². The topological polar surface area (TPSA) is 131 Å². The van der Waals surface area contributed by atoms with Crippen molar-refractivity contribution in [3.05, 3.63) is 30.0 Å². The van der Waals surface area contributed by atoms with Gasteiger partial charge in [0.2, 0.25) is 0 Å². The van der Waals surface area contributed by atoms with Crippen molar-refractivity contribution in [2.24, 2.45) is 0 Å². The molecule has 0 fully saturated rings. The van der Waals surface area contributed by atoms with Gasteiger partial charge in [0.1, 0.15) is 17.3 Å². The molecule has 0 amide bonds. The maximum atomic E-state index is 8.94. The van der Waals surface area contributed by atoms with Crippen LogP contribution < -0.4 is 11.5 Å². The third-order valence-electron chi connectivity index (χ3n) is 2.50. The fourth-order valence-electron chi connectivity index (χ4n) is 1.29. The number of rotatable bonds is 2. The summed E-state index contributed by atoms with van der Waals surface area (Å²) < 4.78 is 1.45. The van der Waals surface area contributed by atoms with Gasteiger partial charge in [-0.25, -0.2) is 4.68 Å². The molecular weight excluding hydrogens is 248 g/mol. The van der Waals surface area contributed by atoms with Gasteiger partial charge in [-0.1, -0.05) is 6.07 Å². The van der Waals surface area contributed by atoms with E-state index in [2.05, 4.69) is 5.10 Å². The number of aromatic hydroxyl groups is 2. The highest BCUT2D eigenvalue weighted by Gasteiger charge is 2.01. The predicted molar refractivity (Wildman–Crippen MR) is 72.6 cm³/mol. The van der Waals surface area contributed by atoms with Crippen molar-refractivity contribution < 1.29 is 15.3 Å². The molecule has 0 aliphatic heterocycles. The van der Waals surface area contributed by atoms with Crippen LogP contribution in [0.3, 0.4) is 0 Å². The van der Waals surface area contributed by atoms with Crippen LogP contribution in [-0.4, -0.2) is 31.7 Å². The first-order chi connectivity index (χ1) is 8.97. The van der Waals surface area contributed by atoms with E-state index in [1.165, 1.54) is 23.0 Å². The normalized spacial score (nSPS) is 9.79. The van der Waals surface area contributed by atoms with Gasteiger partial charge in [-0.15, -0.1) is 0 Å². The van der Waals surface area contributed by atoms with Gasteiger partial charge >= 0.3 is 0 Å². The van der Waals surface area contributed by atoms with Gasteiger partial charge < -0.3 is 26.8 Å². The Bertz CT molecular complexity index is 520. The number of phenols is 2. The summed E-state index contributed by atoms with van der Waals surface area (Å²) >= 11 is 0. The second-order valence-corrected chi connectivity index (χ2v) is 3.85. The molecule has 0 spiro atoms. The lowest BCUT2D eigenvalue weighted by Crippen LogP contribution is -2.07. The first-order valence-electron chi connectivity index (χ1n) is 5.62. The zero-order valence-electron chi connectivity index (χ0n) is 10.6. The number of benzene rings is 1. The van der Waals surface area contributed by atoms with Gasteiger partial charge in [-0.2, -0.15) is 5.10 Å². The Morgan fingerprint density at radius 1 is 1.21 bits per heavy atom. The highest BCUT2D eigenvalue weighted by Crippen LogP contribution is 2.23. The predicted octanol–water partition coefficient (Wildman–Crippen LogP) is 0.446. The summed E-state index contributed by atoms with van der Waals surface area (Å²) in [4.78, 5) is 0. The number of anilines is 2. The third kappa shape index (κ3) is 3.78. The summed E-state index contributed by atoms with van der Waals surface area (Å²) in [5, 5.41) is 30.2. The molecule has 1 aromatic heterocycles. The number of phenolic OH excluding ortho intramolecular Hbond substituents is 2. The second kappa shape index (κ2) is 6.50. The van der Waals surface area contributed by atoms with Crippen molar-refractivity contribution in [3.8, 4) is 11.5 Å². The zero-order valence-corrected chi connectivity index (χ0v) is 10.6. The number of nitrogen functional groups attached to an aromatic ring is 2. The number of aliphatic hydroxyl groups excluding tert-OH is 1. The zero-order chi connectivity index (χ0) is 14.4. The smallest absolute Gasteiger partial charge is 0.145 e. The molecule has 0 saturated heterocycles. The average molecular weight is 266 g/mol. The molecule has 1 aromatic carbocycles. The van der Waals surface area contributed by atoms with Crippen molar-refractivity contribution in [1.82, 2.24) is 9.78 Å². The molecule has 0 unspecified atom stereocenters. The first kappa shape index (κ1) is 14.7. The van der Waals surface area contributed by atoms with Crippen molar-refractivity contribution >= 4 is 11.5 Å². The highest BCUT2D eigenvalue weighted by atomic mass is 16.3. The van der Waals surface area contributed by atoms with E-state index in [1.54, 1.807) is 13.0 Å². The summed E-state index contributed by atoms with van der Waals surface area (Å²) in [7, 11) is 0. The Morgan fingerprint density at radius 2 is 1.79 bits per heavy atom. The van der Waals surface area contributed by atoms with Gasteiger partial charge in [-0.05, 0) is 19.1 Å². The van der Waals surface area contributed by atoms with Crippen molar-refractivity contribution in [2.75, 3.05) is 18.1 Å². The molecule has 1 heterocycles. The minimum Gasteiger partial charge on any atom is -0.508 e. The van der Waals surface area contributed by atoms with Crippen molar-refractivity contribution in [3.63, 3.8) is 0 Å². The van der Waals surface area contributed by atoms with Crippen LogP contribution in [0.2, 0.25) is 0 Å². The minimum atomic E-state index is 0.0192. The molecule has 19 heavy (non-hydrogen) atoms. The van der Waals surface area contributed by atoms with Crippen LogP contribution in [0, 0.1) is 6.92 Å². The Morgan fingerprint density at radius 3 is 2.16 bits per heavy atom. The molecule has 7 N–H and O–H groups in total. The largest absolute Gasteiger partial charge is 0.508 e. The maximum Gasteiger partial charge on any atom is 0.145 e. The molecule has 7 nitrogen and oxygen atoms in total. The molecule has 7 heteroatoms. The van der Waals surface area contributed by atoms with Gasteiger partial charge in [0, 0.05) is 5.56 Å². The summed E-state index contributed by atoms with van der Waals surface area (Å²) in [6.45, 7) is 2.07. The van der Waals surface area contributed by atoms with Crippen LogP contribution in [0.15, 0.2) is 24.4 Å². The lowest BCUT2D eigenvalue weighted by Gasteiger charge is -1.99. The SMILES string of the molecule is Cc1c(O)cccc1O.Nc1cnn(CCO)c1N. The van der Waals surface area contributed by atoms with Crippen LogP contribution in [0.25, 0.3) is 0 Å². The number of aliphatic hydroxyl groups is 1. The van der Waals surface area contributed by atoms with Gasteiger partial charge in [0.15, 0.2) is 0 Å². The van der Waals surface area contributed by atoms with Gasteiger partial charge in [-0.3, -0.25) is 0 Å². The number of aromatic nitrogens is 2. The van der Waals surface area contributed by atoms with Crippen LogP contribution >= 0.6 is 0 Å². The van der Waals surface area contributed by atoms with Crippen LogP contribution in [-0.2, 0) is 6.54 Å². The van der Waals surface area contributed by atoms with Crippen molar-refractivity contribution in [1.29, 1.82) is 0 Å². The van der Waals surface area contributed by atoms with Gasteiger partial charge in [0.05, 0.1) is 25.0 Å². The molecule has 0 aliphatic rings. The molecule has 2 aromatic rings.